The van der Waals surface area contributed by atoms with E-state index in [2.05, 4.69) is 25.1 Å². The first-order chi connectivity index (χ1) is 10.7. The van der Waals surface area contributed by atoms with Crippen LogP contribution in [0.2, 0.25) is 0 Å². The van der Waals surface area contributed by atoms with E-state index in [-0.39, 0.29) is 44.9 Å². The van der Waals surface area contributed by atoms with Crippen molar-refractivity contribution < 1.29 is 42.9 Å². The van der Waals surface area contributed by atoms with Gasteiger partial charge in [0, 0.05) is 38.6 Å². The predicted octanol–water partition coefficient (Wildman–Crippen LogP) is 4.30. The number of benzene rings is 1. The van der Waals surface area contributed by atoms with Gasteiger partial charge in [-0.3, -0.25) is 0 Å². The van der Waals surface area contributed by atoms with Crippen molar-refractivity contribution in [1.82, 2.24) is 0 Å². The van der Waals surface area contributed by atoms with E-state index < -0.39 is 0 Å². The molecule has 0 heterocycles. The van der Waals surface area contributed by atoms with Gasteiger partial charge in [-0.05, 0) is 54.7 Å². The van der Waals surface area contributed by atoms with E-state index in [1.54, 1.807) is 0 Å². The van der Waals surface area contributed by atoms with Crippen LogP contribution in [0.4, 0.5) is 0 Å². The van der Waals surface area contributed by atoms with Crippen molar-refractivity contribution in [2.45, 2.75) is 75.9 Å². The Kier molecular flexibility index (Phi) is 7.73. The smallest absolute Gasteiger partial charge is 0.0795 e. The number of fused-ring (bicyclic) bond motifs is 1. The van der Waals surface area contributed by atoms with Crippen LogP contribution in [-0.2, 0) is 39.1 Å². The molecule has 3 rings (SSSR count). The Balaban J connectivity index is 0.00000192. The van der Waals surface area contributed by atoms with Gasteiger partial charge in [0.05, 0.1) is 12.2 Å². The zero-order valence-corrected chi connectivity index (χ0v) is 16.9. The van der Waals surface area contributed by atoms with Gasteiger partial charge in [-0.15, -0.1) is 0 Å². The molecule has 125 valence electrons. The molecule has 3 heteroatoms. The maximum absolute atomic E-state index is 10.5. The second-order valence-corrected chi connectivity index (χ2v) is 7.15. The molecular weight excluding hydrogens is 361 g/mol. The fraction of sp³-hybridized carbons (Fsp3) is 0.650. The molecule has 4 atom stereocenters. The van der Waals surface area contributed by atoms with Crippen molar-refractivity contribution in [3.63, 3.8) is 0 Å². The van der Waals surface area contributed by atoms with Gasteiger partial charge in [-0.2, -0.15) is 6.42 Å². The molecule has 0 aromatic heterocycles. The summed E-state index contributed by atoms with van der Waals surface area (Å²) in [5, 5.41) is 20.4. The molecule has 0 bridgehead atoms. The molecule has 2 N–H and O–H groups in total. The Morgan fingerprint density at radius 1 is 1.04 bits per heavy atom. The quantitative estimate of drug-likeness (QED) is 0.562. The van der Waals surface area contributed by atoms with E-state index >= 15 is 0 Å². The van der Waals surface area contributed by atoms with Crippen molar-refractivity contribution in [3.8, 4) is 0 Å². The van der Waals surface area contributed by atoms with Crippen molar-refractivity contribution in [2.75, 3.05) is 0 Å². The minimum atomic E-state index is -0.281. The fourth-order valence-corrected chi connectivity index (χ4v) is 4.46. The second kappa shape index (κ2) is 9.08. The predicted molar refractivity (Wildman–Crippen MR) is 89.6 cm³/mol. The Labute approximate surface area is 166 Å². The van der Waals surface area contributed by atoms with E-state index in [1.807, 2.05) is 0 Å². The molecule has 1 saturated carbocycles. The number of hydrogen-bond donors (Lipinski definition) is 2. The van der Waals surface area contributed by atoms with Gasteiger partial charge in [0.25, 0.3) is 0 Å². The summed E-state index contributed by atoms with van der Waals surface area (Å²) in [6.45, 7) is 3.91. The van der Waals surface area contributed by atoms with E-state index in [1.165, 1.54) is 36.8 Å². The maximum atomic E-state index is 10.5. The molecular formula is C20H29O2Y-. The van der Waals surface area contributed by atoms with Crippen LogP contribution in [0.1, 0.15) is 80.1 Å². The Bertz CT molecular complexity index is 502. The minimum Gasteiger partial charge on any atom is -0.392 e. The van der Waals surface area contributed by atoms with Crippen LogP contribution in [0, 0.1) is 12.8 Å². The first kappa shape index (κ1) is 19.6. The molecule has 1 unspecified atom stereocenters. The van der Waals surface area contributed by atoms with Gasteiger partial charge < -0.3 is 17.1 Å². The number of rotatable bonds is 6. The first-order valence-corrected chi connectivity index (χ1v) is 8.98. The van der Waals surface area contributed by atoms with Crippen LogP contribution < -0.4 is 0 Å². The average molecular weight is 390 g/mol. The normalized spacial score (nSPS) is 29.3. The molecule has 1 radical (unpaired) electrons. The van der Waals surface area contributed by atoms with Gasteiger partial charge >= 0.3 is 0 Å². The monoisotopic (exact) mass is 390 g/mol. The summed E-state index contributed by atoms with van der Waals surface area (Å²) in [5.41, 5.74) is 3.68. The topological polar surface area (TPSA) is 40.5 Å². The van der Waals surface area contributed by atoms with Crippen LogP contribution in [0.3, 0.4) is 0 Å². The summed E-state index contributed by atoms with van der Waals surface area (Å²) in [6, 6.07) is 6.50. The van der Waals surface area contributed by atoms with Gasteiger partial charge in [0.2, 0.25) is 0 Å². The Hall–Kier alpha value is 0.244. The second-order valence-electron chi connectivity index (χ2n) is 7.15. The first-order valence-electron chi connectivity index (χ1n) is 8.98. The van der Waals surface area contributed by atoms with Gasteiger partial charge in [-0.25, -0.2) is 0 Å². The van der Waals surface area contributed by atoms with Gasteiger partial charge in [-0.1, -0.05) is 37.5 Å². The Morgan fingerprint density at radius 3 is 2.65 bits per heavy atom. The van der Waals surface area contributed by atoms with Crippen LogP contribution in [0.25, 0.3) is 0 Å². The molecule has 0 amide bonds. The zero-order chi connectivity index (χ0) is 15.5. The third-order valence-electron chi connectivity index (χ3n) is 5.68. The molecule has 1 fully saturated rings. The van der Waals surface area contributed by atoms with Crippen LogP contribution >= 0.6 is 0 Å². The van der Waals surface area contributed by atoms with Crippen molar-refractivity contribution in [3.05, 3.63) is 41.8 Å². The summed E-state index contributed by atoms with van der Waals surface area (Å²) in [4.78, 5) is 0. The maximum Gasteiger partial charge on any atom is 0.0795 e. The summed E-state index contributed by atoms with van der Waals surface area (Å²) in [5.74, 6) is 0.909. The van der Waals surface area contributed by atoms with Crippen molar-refractivity contribution >= 4 is 0 Å². The van der Waals surface area contributed by atoms with E-state index in [4.69, 9.17) is 0 Å². The molecule has 0 saturated heterocycles. The molecule has 0 aliphatic heterocycles. The third-order valence-corrected chi connectivity index (χ3v) is 5.68. The van der Waals surface area contributed by atoms with Crippen molar-refractivity contribution in [2.24, 2.45) is 5.92 Å². The molecule has 23 heavy (non-hydrogen) atoms. The van der Waals surface area contributed by atoms with E-state index in [0.29, 0.717) is 11.8 Å². The molecule has 0 spiro atoms. The summed E-state index contributed by atoms with van der Waals surface area (Å²) >= 11 is 0. The summed E-state index contributed by atoms with van der Waals surface area (Å²) < 4.78 is 0. The number of aliphatic hydroxyl groups excluding tert-OH is 2. The standard InChI is InChI=1S/C20H29O2.Y/c1-2-3-4-5-6-14-8-12-19(22)20(14)16-7-10-17-15(13-16)9-11-18(17)21;/h7,10,13-14,18-22H,1-6,8-9,11-12H2;/q-1;/t14-,18?,19+,20-;/m0./s1. The number of hydrogen-bond acceptors (Lipinski definition) is 2. The molecule has 2 aliphatic carbocycles. The number of aliphatic hydroxyl groups is 2. The molecule has 2 nitrogen and oxygen atoms in total. The van der Waals surface area contributed by atoms with Gasteiger partial charge in [0.1, 0.15) is 0 Å². The van der Waals surface area contributed by atoms with E-state index in [0.717, 1.165) is 37.7 Å². The largest absolute Gasteiger partial charge is 0.392 e. The summed E-state index contributed by atoms with van der Waals surface area (Å²) in [7, 11) is 0. The fourth-order valence-electron chi connectivity index (χ4n) is 4.46. The minimum absolute atomic E-state index is 0. The van der Waals surface area contributed by atoms with Gasteiger partial charge in [0.15, 0.2) is 0 Å². The van der Waals surface area contributed by atoms with Crippen LogP contribution in [0.5, 0.6) is 0 Å². The molecule has 1 aromatic rings. The van der Waals surface area contributed by atoms with Crippen molar-refractivity contribution in [1.29, 1.82) is 0 Å². The third kappa shape index (κ3) is 4.45. The molecule has 1 aromatic carbocycles. The summed E-state index contributed by atoms with van der Waals surface area (Å²) in [6.07, 6.45) is 9.43. The Morgan fingerprint density at radius 2 is 1.87 bits per heavy atom. The van der Waals surface area contributed by atoms with Crippen LogP contribution in [0.15, 0.2) is 18.2 Å². The molecule has 2 aliphatic rings. The number of unbranched alkanes of at least 4 members (excludes halogenated alkanes) is 3. The van der Waals surface area contributed by atoms with Crippen LogP contribution in [-0.4, -0.2) is 16.3 Å². The number of aryl methyl sites for hydroxylation is 1. The SMILES string of the molecule is [CH2-]CCCCC[C@H]1CC[C@@H](O)[C@@H]1c1ccc2c(c1)CCC2O.[Y]. The van der Waals surface area contributed by atoms with E-state index in [9.17, 15) is 10.2 Å². The zero-order valence-electron chi connectivity index (χ0n) is 14.1. The average Bonchev–Trinajstić information content (AvgIpc) is 3.07.